The van der Waals surface area contributed by atoms with Gasteiger partial charge < -0.3 is 15.3 Å². The van der Waals surface area contributed by atoms with Crippen molar-refractivity contribution >= 4 is 11.9 Å². The van der Waals surface area contributed by atoms with Gasteiger partial charge in [-0.1, -0.05) is 12.1 Å². The molecule has 1 atom stereocenters. The summed E-state index contributed by atoms with van der Waals surface area (Å²) < 4.78 is 0. The highest BCUT2D eigenvalue weighted by Crippen LogP contribution is 2.20. The van der Waals surface area contributed by atoms with Gasteiger partial charge in [0.1, 0.15) is 5.75 Å². The molecule has 3 rings (SSSR count). The number of hydrogen-bond acceptors (Lipinski definition) is 5. The SMILES string of the molecule is O=C(NCCc1ccc(O)cc1)[C@H]1CCCN(c2ncccn2)C1. The van der Waals surface area contributed by atoms with Crippen molar-refractivity contribution in [3.05, 3.63) is 48.3 Å². The Morgan fingerprint density at radius 2 is 2.00 bits per heavy atom. The molecule has 1 aliphatic heterocycles. The van der Waals surface area contributed by atoms with E-state index in [-0.39, 0.29) is 17.6 Å². The lowest BCUT2D eigenvalue weighted by atomic mass is 9.97. The van der Waals surface area contributed by atoms with Crippen LogP contribution in [0, 0.1) is 5.92 Å². The molecule has 0 unspecified atom stereocenters. The van der Waals surface area contributed by atoms with E-state index in [1.165, 1.54) is 0 Å². The highest BCUT2D eigenvalue weighted by Gasteiger charge is 2.26. The number of benzene rings is 1. The highest BCUT2D eigenvalue weighted by atomic mass is 16.3. The summed E-state index contributed by atoms with van der Waals surface area (Å²) in [6.07, 6.45) is 6.07. The van der Waals surface area contributed by atoms with Crippen molar-refractivity contribution in [1.29, 1.82) is 0 Å². The molecular weight excluding hydrogens is 304 g/mol. The Labute approximate surface area is 141 Å². The lowest BCUT2D eigenvalue weighted by Crippen LogP contribution is -2.44. The van der Waals surface area contributed by atoms with Crippen molar-refractivity contribution in [1.82, 2.24) is 15.3 Å². The molecule has 0 radical (unpaired) electrons. The van der Waals surface area contributed by atoms with Gasteiger partial charge in [0.2, 0.25) is 11.9 Å². The quantitative estimate of drug-likeness (QED) is 0.875. The molecule has 1 aromatic carbocycles. The first-order valence-corrected chi connectivity index (χ1v) is 8.30. The van der Waals surface area contributed by atoms with Crippen LogP contribution in [0.5, 0.6) is 5.75 Å². The van der Waals surface area contributed by atoms with Gasteiger partial charge in [0.05, 0.1) is 5.92 Å². The molecule has 2 N–H and O–H groups in total. The van der Waals surface area contributed by atoms with E-state index in [0.29, 0.717) is 19.0 Å². The third-order valence-corrected chi connectivity index (χ3v) is 4.28. The van der Waals surface area contributed by atoms with Gasteiger partial charge in [0.25, 0.3) is 0 Å². The first-order chi connectivity index (χ1) is 11.7. The molecular formula is C18H22N4O2. The Morgan fingerprint density at radius 1 is 1.25 bits per heavy atom. The number of rotatable bonds is 5. The molecule has 0 aliphatic carbocycles. The van der Waals surface area contributed by atoms with Crippen molar-refractivity contribution < 1.29 is 9.90 Å². The molecule has 2 heterocycles. The summed E-state index contributed by atoms with van der Waals surface area (Å²) in [5.74, 6) is 1.02. The van der Waals surface area contributed by atoms with Crippen LogP contribution < -0.4 is 10.2 Å². The molecule has 1 amide bonds. The minimum Gasteiger partial charge on any atom is -0.508 e. The molecule has 6 nitrogen and oxygen atoms in total. The third-order valence-electron chi connectivity index (χ3n) is 4.28. The Kier molecular flexibility index (Phi) is 5.25. The van der Waals surface area contributed by atoms with Crippen molar-refractivity contribution in [3.8, 4) is 5.75 Å². The molecule has 6 heteroatoms. The number of carbonyl (C=O) groups is 1. The Hall–Kier alpha value is -2.63. The van der Waals surface area contributed by atoms with Gasteiger partial charge in [-0.15, -0.1) is 0 Å². The van der Waals surface area contributed by atoms with Crippen LogP contribution in [0.2, 0.25) is 0 Å². The number of aromatic hydroxyl groups is 1. The molecule has 1 aliphatic rings. The van der Waals surface area contributed by atoms with E-state index in [2.05, 4.69) is 20.2 Å². The maximum Gasteiger partial charge on any atom is 0.225 e. The number of nitrogens with zero attached hydrogens (tertiary/aromatic N) is 3. The lowest BCUT2D eigenvalue weighted by Gasteiger charge is -2.31. The fourth-order valence-corrected chi connectivity index (χ4v) is 2.96. The van der Waals surface area contributed by atoms with Gasteiger partial charge in [0.15, 0.2) is 0 Å². The summed E-state index contributed by atoms with van der Waals surface area (Å²) in [7, 11) is 0. The van der Waals surface area contributed by atoms with Crippen molar-refractivity contribution in [2.24, 2.45) is 5.92 Å². The summed E-state index contributed by atoms with van der Waals surface area (Å²) in [4.78, 5) is 23.0. The monoisotopic (exact) mass is 326 g/mol. The fraction of sp³-hybridized carbons (Fsp3) is 0.389. The van der Waals surface area contributed by atoms with Crippen LogP contribution in [-0.4, -0.2) is 40.6 Å². The normalized spacial score (nSPS) is 17.5. The molecule has 1 aromatic heterocycles. The number of amides is 1. The first kappa shape index (κ1) is 16.2. The number of piperidine rings is 1. The van der Waals surface area contributed by atoms with Crippen LogP contribution >= 0.6 is 0 Å². The van der Waals surface area contributed by atoms with Gasteiger partial charge in [-0.05, 0) is 43.0 Å². The zero-order valence-electron chi connectivity index (χ0n) is 13.6. The standard InChI is InChI=1S/C18H22N4O2/c23-16-6-4-14(5-7-16)8-11-19-17(24)15-3-1-12-22(13-15)18-20-9-2-10-21-18/h2,4-7,9-10,15,23H,1,3,8,11-13H2,(H,19,24)/t15-/m0/s1. The van der Waals surface area contributed by atoms with Gasteiger partial charge in [-0.25, -0.2) is 9.97 Å². The number of hydrogen-bond donors (Lipinski definition) is 2. The van der Waals surface area contributed by atoms with Crippen LogP contribution in [0.1, 0.15) is 18.4 Å². The highest BCUT2D eigenvalue weighted by molar-refractivity contribution is 5.79. The largest absolute Gasteiger partial charge is 0.508 e. The Balaban J connectivity index is 1.48. The molecule has 24 heavy (non-hydrogen) atoms. The van der Waals surface area contributed by atoms with E-state index in [4.69, 9.17) is 0 Å². The fourth-order valence-electron chi connectivity index (χ4n) is 2.96. The topological polar surface area (TPSA) is 78.4 Å². The summed E-state index contributed by atoms with van der Waals surface area (Å²) in [6, 6.07) is 8.86. The smallest absolute Gasteiger partial charge is 0.225 e. The van der Waals surface area contributed by atoms with Crippen LogP contribution in [0.4, 0.5) is 5.95 Å². The number of phenols is 1. The average molecular weight is 326 g/mol. The molecule has 1 fully saturated rings. The minimum atomic E-state index is -0.0256. The van der Waals surface area contributed by atoms with Crippen molar-refractivity contribution in [3.63, 3.8) is 0 Å². The van der Waals surface area contributed by atoms with Crippen LogP contribution in [0.25, 0.3) is 0 Å². The first-order valence-electron chi connectivity index (χ1n) is 8.30. The minimum absolute atomic E-state index is 0.0256. The predicted molar refractivity (Wildman–Crippen MR) is 91.8 cm³/mol. The third kappa shape index (κ3) is 4.22. The summed E-state index contributed by atoms with van der Waals surface area (Å²) in [5.41, 5.74) is 1.09. The molecule has 126 valence electrons. The van der Waals surface area contributed by atoms with E-state index >= 15 is 0 Å². The predicted octanol–water partition coefficient (Wildman–Crippen LogP) is 1.76. The van der Waals surface area contributed by atoms with Gasteiger partial charge >= 0.3 is 0 Å². The van der Waals surface area contributed by atoms with Gasteiger partial charge in [-0.3, -0.25) is 4.79 Å². The second kappa shape index (κ2) is 7.77. The summed E-state index contributed by atoms with van der Waals surface area (Å²) in [5, 5.41) is 12.3. The molecule has 0 saturated carbocycles. The zero-order valence-corrected chi connectivity index (χ0v) is 13.6. The zero-order chi connectivity index (χ0) is 16.8. The van der Waals surface area contributed by atoms with Crippen LogP contribution in [-0.2, 0) is 11.2 Å². The lowest BCUT2D eigenvalue weighted by molar-refractivity contribution is -0.125. The van der Waals surface area contributed by atoms with Crippen LogP contribution in [0.15, 0.2) is 42.7 Å². The van der Waals surface area contributed by atoms with Gasteiger partial charge in [0, 0.05) is 32.0 Å². The van der Waals surface area contributed by atoms with E-state index < -0.39 is 0 Å². The second-order valence-corrected chi connectivity index (χ2v) is 6.04. The molecule has 2 aromatic rings. The number of nitrogens with one attached hydrogen (secondary N) is 1. The van der Waals surface area contributed by atoms with E-state index in [1.54, 1.807) is 30.6 Å². The van der Waals surface area contributed by atoms with Crippen molar-refractivity contribution in [2.45, 2.75) is 19.3 Å². The Bertz CT molecular complexity index is 660. The van der Waals surface area contributed by atoms with E-state index in [1.807, 2.05) is 12.1 Å². The van der Waals surface area contributed by atoms with Gasteiger partial charge in [-0.2, -0.15) is 0 Å². The summed E-state index contributed by atoms with van der Waals surface area (Å²) >= 11 is 0. The molecule has 0 spiro atoms. The number of anilines is 1. The summed E-state index contributed by atoms with van der Waals surface area (Å²) in [6.45, 7) is 2.15. The number of aromatic nitrogens is 2. The average Bonchev–Trinajstić information content (AvgIpc) is 2.64. The number of carbonyl (C=O) groups excluding carboxylic acids is 1. The van der Waals surface area contributed by atoms with E-state index in [9.17, 15) is 9.90 Å². The van der Waals surface area contributed by atoms with Crippen molar-refractivity contribution in [2.75, 3.05) is 24.5 Å². The van der Waals surface area contributed by atoms with E-state index in [0.717, 1.165) is 31.4 Å². The maximum absolute atomic E-state index is 12.4. The molecule has 1 saturated heterocycles. The molecule has 0 bridgehead atoms. The van der Waals surface area contributed by atoms with Crippen LogP contribution in [0.3, 0.4) is 0 Å². The Morgan fingerprint density at radius 3 is 2.75 bits per heavy atom. The second-order valence-electron chi connectivity index (χ2n) is 6.04. The maximum atomic E-state index is 12.4. The number of phenolic OH excluding ortho intramolecular Hbond substituents is 1.